The maximum Gasteiger partial charge on any atom is 0.128 e. The van der Waals surface area contributed by atoms with Gasteiger partial charge in [0.25, 0.3) is 0 Å². The minimum Gasteiger partial charge on any atom is -0.322 e. The van der Waals surface area contributed by atoms with Gasteiger partial charge in [0, 0.05) is 41.8 Å². The summed E-state index contributed by atoms with van der Waals surface area (Å²) in [6, 6.07) is 4.59. The van der Waals surface area contributed by atoms with Crippen LogP contribution in [0, 0.1) is 5.82 Å². The molecule has 0 aromatic heterocycles. The fraction of sp³-hybridized carbons (Fsp3) is 0.571. The van der Waals surface area contributed by atoms with E-state index in [0.29, 0.717) is 5.56 Å². The predicted molar refractivity (Wildman–Crippen MR) is 79.6 cm³/mol. The molecule has 3 N–H and O–H groups in total. The Morgan fingerprint density at radius 2 is 2.00 bits per heavy atom. The lowest BCUT2D eigenvalue weighted by Gasteiger charge is -2.45. The topological polar surface area (TPSA) is 41.3 Å². The highest BCUT2D eigenvalue weighted by atomic mass is 79.9. The minimum atomic E-state index is -0.358. The van der Waals surface area contributed by atoms with Crippen LogP contribution in [0.5, 0.6) is 0 Å². The van der Waals surface area contributed by atoms with E-state index in [-0.39, 0.29) is 17.4 Å². The van der Waals surface area contributed by atoms with Crippen molar-refractivity contribution in [2.24, 2.45) is 5.73 Å². The Hall–Kier alpha value is -0.490. The van der Waals surface area contributed by atoms with Crippen molar-refractivity contribution < 1.29 is 4.39 Å². The van der Waals surface area contributed by atoms with Gasteiger partial charge in [0.05, 0.1) is 6.04 Å². The van der Waals surface area contributed by atoms with Crippen molar-refractivity contribution in [1.29, 1.82) is 0 Å². The molecule has 0 amide bonds. The third-order valence-corrected chi connectivity index (χ3v) is 4.48. The number of piperazine rings is 1. The molecule has 0 spiro atoms. The Labute approximate surface area is 122 Å². The summed E-state index contributed by atoms with van der Waals surface area (Å²) in [5, 5.41) is 3.32. The molecule has 0 aliphatic carbocycles. The van der Waals surface area contributed by atoms with Gasteiger partial charge in [-0.1, -0.05) is 15.9 Å². The molecule has 3 nitrogen and oxygen atoms in total. The monoisotopic (exact) mass is 329 g/mol. The lowest BCUT2D eigenvalue weighted by molar-refractivity contribution is 0.0789. The molecule has 1 aromatic rings. The molecule has 1 atom stereocenters. The van der Waals surface area contributed by atoms with Gasteiger partial charge in [-0.15, -0.1) is 0 Å². The van der Waals surface area contributed by atoms with Gasteiger partial charge in [0.15, 0.2) is 0 Å². The normalized spacial score (nSPS) is 19.4. The van der Waals surface area contributed by atoms with Gasteiger partial charge in [-0.3, -0.25) is 4.90 Å². The first-order valence-electron chi connectivity index (χ1n) is 6.59. The van der Waals surface area contributed by atoms with Crippen molar-refractivity contribution in [3.8, 4) is 0 Å². The largest absolute Gasteiger partial charge is 0.322 e. The van der Waals surface area contributed by atoms with Crippen LogP contribution in [0.1, 0.15) is 25.5 Å². The summed E-state index contributed by atoms with van der Waals surface area (Å²) in [5.74, 6) is -0.237. The number of hydrogen-bond acceptors (Lipinski definition) is 3. The molecular weight excluding hydrogens is 309 g/mol. The van der Waals surface area contributed by atoms with Crippen LogP contribution >= 0.6 is 15.9 Å². The number of nitrogens with one attached hydrogen (secondary N) is 1. The lowest BCUT2D eigenvalue weighted by atomic mass is 9.87. The number of nitrogens with two attached hydrogens (primary N) is 1. The van der Waals surface area contributed by atoms with E-state index in [0.717, 1.165) is 30.7 Å². The maximum absolute atomic E-state index is 14.0. The van der Waals surface area contributed by atoms with E-state index in [9.17, 15) is 4.39 Å². The second-order valence-corrected chi connectivity index (χ2v) is 6.45. The summed E-state index contributed by atoms with van der Waals surface area (Å²) in [7, 11) is 0. The zero-order chi connectivity index (χ0) is 14.0. The number of nitrogens with zero attached hydrogens (tertiary/aromatic N) is 1. The van der Waals surface area contributed by atoms with Gasteiger partial charge in [-0.05, 0) is 32.0 Å². The van der Waals surface area contributed by atoms with E-state index >= 15 is 0 Å². The van der Waals surface area contributed by atoms with Crippen molar-refractivity contribution >= 4 is 15.9 Å². The van der Waals surface area contributed by atoms with Crippen LogP contribution in [0.25, 0.3) is 0 Å². The van der Waals surface area contributed by atoms with Gasteiger partial charge in [-0.2, -0.15) is 0 Å². The first kappa shape index (κ1) is 14.9. The molecule has 1 aromatic carbocycles. The molecule has 1 aliphatic heterocycles. The summed E-state index contributed by atoms with van der Waals surface area (Å²) in [4.78, 5) is 2.33. The van der Waals surface area contributed by atoms with E-state index in [4.69, 9.17) is 5.73 Å². The van der Waals surface area contributed by atoms with Gasteiger partial charge in [0.2, 0.25) is 0 Å². The van der Waals surface area contributed by atoms with Crippen LogP contribution in [0.4, 0.5) is 4.39 Å². The van der Waals surface area contributed by atoms with Crippen molar-refractivity contribution in [1.82, 2.24) is 10.2 Å². The van der Waals surface area contributed by atoms with Gasteiger partial charge >= 0.3 is 0 Å². The van der Waals surface area contributed by atoms with Gasteiger partial charge in [0.1, 0.15) is 5.82 Å². The van der Waals surface area contributed by atoms with Crippen LogP contribution in [-0.2, 0) is 0 Å². The Bertz CT molecular complexity index is 444. The minimum absolute atomic E-state index is 0.237. The quantitative estimate of drug-likeness (QED) is 0.893. The summed E-state index contributed by atoms with van der Waals surface area (Å²) in [6.45, 7) is 7.97. The fourth-order valence-corrected chi connectivity index (χ4v) is 2.95. The Morgan fingerprint density at radius 3 is 2.63 bits per heavy atom. The average Bonchev–Trinajstić information content (AvgIpc) is 2.41. The number of hydrogen-bond donors (Lipinski definition) is 2. The van der Waals surface area contributed by atoms with E-state index in [1.54, 1.807) is 12.1 Å². The summed E-state index contributed by atoms with van der Waals surface area (Å²) >= 11 is 3.38. The van der Waals surface area contributed by atoms with Crippen LogP contribution in [0.3, 0.4) is 0 Å². The molecule has 1 unspecified atom stereocenters. The zero-order valence-corrected chi connectivity index (χ0v) is 13.0. The SMILES string of the molecule is CC(C)(C(N)c1cc(Br)ccc1F)N1CCNCC1. The molecule has 19 heavy (non-hydrogen) atoms. The molecule has 0 bridgehead atoms. The molecule has 1 saturated heterocycles. The molecule has 2 rings (SSSR count). The van der Waals surface area contributed by atoms with Crippen LogP contribution in [0.2, 0.25) is 0 Å². The lowest BCUT2D eigenvalue weighted by Crippen LogP contribution is -2.57. The Kier molecular flexibility index (Phi) is 4.61. The van der Waals surface area contributed by atoms with Crippen molar-refractivity contribution in [2.75, 3.05) is 26.2 Å². The summed E-state index contributed by atoms with van der Waals surface area (Å²) in [5.41, 5.74) is 6.64. The molecular formula is C14H21BrFN3. The number of rotatable bonds is 3. The molecule has 1 fully saturated rings. The van der Waals surface area contributed by atoms with Gasteiger partial charge < -0.3 is 11.1 Å². The van der Waals surface area contributed by atoms with E-state index in [1.165, 1.54) is 6.07 Å². The fourth-order valence-electron chi connectivity index (χ4n) is 2.57. The van der Waals surface area contributed by atoms with Crippen LogP contribution in [0.15, 0.2) is 22.7 Å². The molecule has 5 heteroatoms. The second-order valence-electron chi connectivity index (χ2n) is 5.53. The number of halogens is 2. The summed E-state index contributed by atoms with van der Waals surface area (Å²) in [6.07, 6.45) is 0. The number of benzene rings is 1. The first-order chi connectivity index (χ1) is 8.93. The van der Waals surface area contributed by atoms with Crippen LogP contribution in [-0.4, -0.2) is 36.6 Å². The highest BCUT2D eigenvalue weighted by molar-refractivity contribution is 9.10. The molecule has 0 saturated carbocycles. The zero-order valence-electron chi connectivity index (χ0n) is 11.4. The van der Waals surface area contributed by atoms with Gasteiger partial charge in [-0.25, -0.2) is 4.39 Å². The molecule has 1 heterocycles. The predicted octanol–water partition coefficient (Wildman–Crippen LogP) is 2.27. The van der Waals surface area contributed by atoms with E-state index < -0.39 is 0 Å². The van der Waals surface area contributed by atoms with E-state index in [1.807, 2.05) is 0 Å². The smallest absolute Gasteiger partial charge is 0.128 e. The van der Waals surface area contributed by atoms with Crippen molar-refractivity contribution in [3.63, 3.8) is 0 Å². The third-order valence-electron chi connectivity index (χ3n) is 3.99. The Morgan fingerprint density at radius 1 is 1.37 bits per heavy atom. The molecule has 0 radical (unpaired) electrons. The average molecular weight is 330 g/mol. The maximum atomic E-state index is 14.0. The first-order valence-corrected chi connectivity index (χ1v) is 7.38. The summed E-state index contributed by atoms with van der Waals surface area (Å²) < 4.78 is 14.8. The van der Waals surface area contributed by atoms with Crippen molar-refractivity contribution in [3.05, 3.63) is 34.1 Å². The second kappa shape index (κ2) is 5.87. The standard InChI is InChI=1S/C14H21BrFN3/c1-14(2,19-7-5-18-6-8-19)13(17)11-9-10(15)3-4-12(11)16/h3-4,9,13,18H,5-8,17H2,1-2H3. The third kappa shape index (κ3) is 3.16. The molecule has 106 valence electrons. The van der Waals surface area contributed by atoms with Crippen molar-refractivity contribution in [2.45, 2.75) is 25.4 Å². The van der Waals surface area contributed by atoms with Crippen LogP contribution < -0.4 is 11.1 Å². The highest BCUT2D eigenvalue weighted by Crippen LogP contribution is 2.32. The molecule has 1 aliphatic rings. The van der Waals surface area contributed by atoms with E-state index in [2.05, 4.69) is 40.0 Å². The Balaban J connectivity index is 2.25. The highest BCUT2D eigenvalue weighted by Gasteiger charge is 2.35.